The van der Waals surface area contributed by atoms with E-state index >= 15 is 0 Å². The molecule has 0 aliphatic carbocycles. The van der Waals surface area contributed by atoms with E-state index in [1.165, 1.54) is 4.90 Å². The number of carbonyl (C=O) groups is 3. The number of likely N-dealkylation sites (N-methyl/N-ethyl adjacent to an activating group) is 1. The number of nitrogens with zero attached hydrogens (tertiary/aromatic N) is 2. The highest BCUT2D eigenvalue weighted by Gasteiger charge is 2.31. The zero-order valence-electron chi connectivity index (χ0n) is 18.8. The highest BCUT2D eigenvalue weighted by atomic mass is 35.5. The SMILES string of the molecule is CN1C(=O)[C@@H](NC(=O)CCc2cccc(Cl)c2Cl)N=C(c2ccc(C(N)=O)cc2)c2ccccc21. The van der Waals surface area contributed by atoms with Crippen LogP contribution >= 0.6 is 23.2 Å². The van der Waals surface area contributed by atoms with Gasteiger partial charge in [-0.3, -0.25) is 14.4 Å². The molecule has 1 aliphatic heterocycles. The Kier molecular flexibility index (Phi) is 7.19. The number of amides is 3. The zero-order chi connectivity index (χ0) is 25.1. The third kappa shape index (κ3) is 5.21. The lowest BCUT2D eigenvalue weighted by Crippen LogP contribution is -2.46. The van der Waals surface area contributed by atoms with Crippen LogP contribution in [0.15, 0.2) is 71.7 Å². The molecule has 0 spiro atoms. The number of aliphatic imine (C=N–C) groups is 1. The van der Waals surface area contributed by atoms with E-state index in [1.54, 1.807) is 49.5 Å². The third-order valence-corrected chi connectivity index (χ3v) is 6.59. The number of hydrogen-bond acceptors (Lipinski definition) is 4. The van der Waals surface area contributed by atoms with Gasteiger partial charge < -0.3 is 16.0 Å². The maximum Gasteiger partial charge on any atom is 0.272 e. The second kappa shape index (κ2) is 10.3. The summed E-state index contributed by atoms with van der Waals surface area (Å²) < 4.78 is 0. The van der Waals surface area contributed by atoms with Crippen molar-refractivity contribution in [2.24, 2.45) is 10.7 Å². The number of aryl methyl sites for hydroxylation is 1. The molecule has 9 heteroatoms. The van der Waals surface area contributed by atoms with Crippen molar-refractivity contribution >= 4 is 52.3 Å². The molecule has 1 heterocycles. The number of para-hydroxylation sites is 1. The molecule has 0 fully saturated rings. The summed E-state index contributed by atoms with van der Waals surface area (Å²) in [4.78, 5) is 43.7. The Morgan fingerprint density at radius 3 is 2.46 bits per heavy atom. The Bertz CT molecular complexity index is 1340. The van der Waals surface area contributed by atoms with E-state index in [2.05, 4.69) is 10.3 Å². The van der Waals surface area contributed by atoms with Crippen molar-refractivity contribution < 1.29 is 14.4 Å². The van der Waals surface area contributed by atoms with Crippen molar-refractivity contribution in [3.63, 3.8) is 0 Å². The molecule has 0 saturated heterocycles. The van der Waals surface area contributed by atoms with E-state index < -0.39 is 12.1 Å². The predicted molar refractivity (Wildman–Crippen MR) is 137 cm³/mol. The van der Waals surface area contributed by atoms with Crippen molar-refractivity contribution in [1.29, 1.82) is 0 Å². The number of fused-ring (bicyclic) bond motifs is 1. The minimum absolute atomic E-state index is 0.0959. The standard InChI is InChI=1S/C26H22Cl2N4O3/c1-32-20-8-3-2-6-18(20)23(16-9-11-17(12-10-16)24(29)34)31-25(26(32)35)30-21(33)14-13-15-5-4-7-19(27)22(15)28/h2-12,25H,13-14H2,1H3,(H2,29,34)(H,30,33)/t25-/m0/s1. The molecule has 178 valence electrons. The van der Waals surface area contributed by atoms with Crippen molar-refractivity contribution in [3.05, 3.63) is 99.0 Å². The number of anilines is 1. The summed E-state index contributed by atoms with van der Waals surface area (Å²) in [6, 6.07) is 19.2. The highest BCUT2D eigenvalue weighted by molar-refractivity contribution is 6.42. The summed E-state index contributed by atoms with van der Waals surface area (Å²) in [5, 5.41) is 3.56. The van der Waals surface area contributed by atoms with E-state index in [9.17, 15) is 14.4 Å². The van der Waals surface area contributed by atoms with Crippen LogP contribution in [-0.4, -0.2) is 36.6 Å². The molecular weight excluding hydrogens is 487 g/mol. The lowest BCUT2D eigenvalue weighted by molar-refractivity contribution is -0.127. The Morgan fingerprint density at radius 1 is 1.03 bits per heavy atom. The first-order valence-electron chi connectivity index (χ1n) is 10.8. The molecule has 0 unspecified atom stereocenters. The molecule has 4 rings (SSSR count). The minimum atomic E-state index is -1.14. The average Bonchev–Trinajstić information content (AvgIpc) is 2.96. The molecule has 3 aromatic carbocycles. The Morgan fingerprint density at radius 2 is 1.74 bits per heavy atom. The summed E-state index contributed by atoms with van der Waals surface area (Å²) in [5.41, 5.74) is 9.02. The summed E-state index contributed by atoms with van der Waals surface area (Å²) in [7, 11) is 1.64. The zero-order valence-corrected chi connectivity index (χ0v) is 20.3. The molecule has 1 aliphatic rings. The molecule has 3 aromatic rings. The fraction of sp³-hybridized carbons (Fsp3) is 0.154. The molecule has 0 aromatic heterocycles. The maximum atomic E-state index is 13.2. The number of benzodiazepines with no additional fused rings is 1. The number of halogens is 2. The van der Waals surface area contributed by atoms with Gasteiger partial charge in [0.15, 0.2) is 0 Å². The smallest absolute Gasteiger partial charge is 0.272 e. The highest BCUT2D eigenvalue weighted by Crippen LogP contribution is 2.28. The number of nitrogens with two attached hydrogens (primary N) is 1. The summed E-state index contributed by atoms with van der Waals surface area (Å²) >= 11 is 12.3. The summed E-state index contributed by atoms with van der Waals surface area (Å²) in [6.07, 6.45) is -0.688. The van der Waals surface area contributed by atoms with Gasteiger partial charge in [-0.05, 0) is 36.2 Å². The van der Waals surface area contributed by atoms with Gasteiger partial charge in [0.25, 0.3) is 5.91 Å². The van der Waals surface area contributed by atoms with Crippen molar-refractivity contribution in [3.8, 4) is 0 Å². The molecule has 3 amide bonds. The van der Waals surface area contributed by atoms with E-state index in [1.807, 2.05) is 24.3 Å². The molecule has 1 atom stereocenters. The molecule has 35 heavy (non-hydrogen) atoms. The number of nitrogens with one attached hydrogen (secondary N) is 1. The van der Waals surface area contributed by atoms with Crippen LogP contribution in [-0.2, 0) is 16.0 Å². The van der Waals surface area contributed by atoms with Crippen LogP contribution in [0.3, 0.4) is 0 Å². The summed E-state index contributed by atoms with van der Waals surface area (Å²) in [6.45, 7) is 0. The van der Waals surface area contributed by atoms with Crippen LogP contribution in [0.2, 0.25) is 10.0 Å². The van der Waals surface area contributed by atoms with Crippen LogP contribution in [0.4, 0.5) is 5.69 Å². The van der Waals surface area contributed by atoms with Crippen molar-refractivity contribution in [2.45, 2.75) is 19.0 Å². The Labute approximate surface area is 212 Å². The first-order valence-corrected chi connectivity index (χ1v) is 11.6. The van der Waals surface area contributed by atoms with Crippen LogP contribution < -0.4 is 16.0 Å². The molecule has 3 N–H and O–H groups in total. The fourth-order valence-corrected chi connectivity index (χ4v) is 4.27. The number of rotatable bonds is 6. The Balaban J connectivity index is 1.64. The second-order valence-electron chi connectivity index (χ2n) is 8.02. The molecule has 0 radical (unpaired) electrons. The monoisotopic (exact) mass is 508 g/mol. The minimum Gasteiger partial charge on any atom is -0.366 e. The number of hydrogen-bond donors (Lipinski definition) is 2. The van der Waals surface area contributed by atoms with Crippen LogP contribution in [0.5, 0.6) is 0 Å². The lowest BCUT2D eigenvalue weighted by Gasteiger charge is -2.21. The molecular formula is C26H22Cl2N4O3. The average molecular weight is 509 g/mol. The number of primary amides is 1. The Hall–Kier alpha value is -3.68. The van der Waals surface area contributed by atoms with Gasteiger partial charge in [0.2, 0.25) is 18.0 Å². The van der Waals surface area contributed by atoms with Gasteiger partial charge in [0, 0.05) is 30.2 Å². The van der Waals surface area contributed by atoms with Gasteiger partial charge in [-0.15, -0.1) is 0 Å². The summed E-state index contributed by atoms with van der Waals surface area (Å²) in [5.74, 6) is -1.28. The first-order chi connectivity index (χ1) is 16.8. The maximum absolute atomic E-state index is 13.2. The molecule has 0 saturated carbocycles. The van der Waals surface area contributed by atoms with E-state index in [-0.39, 0.29) is 18.2 Å². The topological polar surface area (TPSA) is 105 Å². The van der Waals surface area contributed by atoms with Crippen molar-refractivity contribution in [2.75, 3.05) is 11.9 Å². The number of carbonyl (C=O) groups excluding carboxylic acids is 3. The van der Waals surface area contributed by atoms with Crippen LogP contribution in [0.25, 0.3) is 0 Å². The van der Waals surface area contributed by atoms with Crippen molar-refractivity contribution in [1.82, 2.24) is 5.32 Å². The fourth-order valence-electron chi connectivity index (χ4n) is 3.85. The van der Waals surface area contributed by atoms with Gasteiger partial charge in [-0.2, -0.15) is 0 Å². The predicted octanol–water partition coefficient (Wildman–Crippen LogP) is 3.98. The normalized spacial score (nSPS) is 15.2. The quantitative estimate of drug-likeness (QED) is 0.525. The van der Waals surface area contributed by atoms with Crippen LogP contribution in [0, 0.1) is 0 Å². The molecule has 0 bridgehead atoms. The lowest BCUT2D eigenvalue weighted by atomic mass is 9.99. The van der Waals surface area contributed by atoms with E-state index in [0.29, 0.717) is 39.0 Å². The number of benzene rings is 3. The van der Waals surface area contributed by atoms with Gasteiger partial charge in [0.1, 0.15) is 0 Å². The first kappa shape index (κ1) is 24.4. The van der Waals surface area contributed by atoms with E-state index in [4.69, 9.17) is 28.9 Å². The van der Waals surface area contributed by atoms with Gasteiger partial charge in [-0.25, -0.2) is 4.99 Å². The second-order valence-corrected chi connectivity index (χ2v) is 8.80. The van der Waals surface area contributed by atoms with Gasteiger partial charge in [-0.1, -0.05) is 65.7 Å². The van der Waals surface area contributed by atoms with Gasteiger partial charge in [0.05, 0.1) is 21.4 Å². The largest absolute Gasteiger partial charge is 0.366 e. The van der Waals surface area contributed by atoms with Crippen LogP contribution in [0.1, 0.15) is 33.5 Å². The molecule has 7 nitrogen and oxygen atoms in total. The van der Waals surface area contributed by atoms with E-state index in [0.717, 1.165) is 11.1 Å². The van der Waals surface area contributed by atoms with Gasteiger partial charge >= 0.3 is 0 Å². The third-order valence-electron chi connectivity index (χ3n) is 5.74.